The van der Waals surface area contributed by atoms with Crippen LogP contribution in [0.3, 0.4) is 0 Å². The predicted molar refractivity (Wildman–Crippen MR) is 82.3 cm³/mol. The molecule has 0 spiro atoms. The summed E-state index contributed by atoms with van der Waals surface area (Å²) in [7, 11) is 0. The maximum Gasteiger partial charge on any atom is 0.316 e. The summed E-state index contributed by atoms with van der Waals surface area (Å²) < 4.78 is 8.27. The van der Waals surface area contributed by atoms with E-state index in [1.165, 1.54) is 0 Å². The molecule has 0 saturated carbocycles. The minimum absolute atomic E-state index is 0.173. The minimum atomic E-state index is -0.417. The van der Waals surface area contributed by atoms with E-state index in [1.807, 2.05) is 32.4 Å². The number of aryl methyl sites for hydroxylation is 2. The number of thioether (sulfide) groups is 1. The molecule has 1 rings (SSSR count). The molecule has 0 aromatic carbocycles. The average Bonchev–Trinajstić information content (AvgIpc) is 2.54. The van der Waals surface area contributed by atoms with Crippen LogP contribution < -0.4 is 0 Å². The van der Waals surface area contributed by atoms with E-state index in [0.717, 1.165) is 28.2 Å². The van der Waals surface area contributed by atoms with Gasteiger partial charge in [-0.2, -0.15) is 5.10 Å². The fourth-order valence-electron chi connectivity index (χ4n) is 1.61. The van der Waals surface area contributed by atoms with Crippen LogP contribution in [0.2, 0.25) is 0 Å². The number of halogens is 1. The second kappa shape index (κ2) is 6.79. The molecule has 0 N–H and O–H groups in total. The molecule has 0 aliphatic carbocycles. The van der Waals surface area contributed by atoms with Crippen molar-refractivity contribution in [2.75, 3.05) is 5.75 Å². The Morgan fingerprint density at radius 2 is 2.11 bits per heavy atom. The van der Waals surface area contributed by atoms with Crippen molar-refractivity contribution in [3.05, 3.63) is 15.9 Å². The van der Waals surface area contributed by atoms with Gasteiger partial charge in [-0.3, -0.25) is 9.48 Å². The van der Waals surface area contributed by atoms with Crippen LogP contribution in [0, 0.1) is 6.92 Å². The first-order valence-electron chi connectivity index (χ1n) is 6.26. The highest BCUT2D eigenvalue weighted by Crippen LogP contribution is 2.25. The molecule has 0 bridgehead atoms. The first kappa shape index (κ1) is 16.6. The van der Waals surface area contributed by atoms with Gasteiger partial charge in [-0.25, -0.2) is 0 Å². The standard InChI is InChI=1S/C13H21BrN2O2S/c1-6-16-10(12(14)9(2)15-16)7-19-8-11(17)18-13(3,4)5/h6-8H2,1-5H3. The minimum Gasteiger partial charge on any atom is -0.459 e. The van der Waals surface area contributed by atoms with Crippen molar-refractivity contribution in [1.82, 2.24) is 9.78 Å². The SMILES string of the molecule is CCn1nc(C)c(Br)c1CSCC(=O)OC(C)(C)C. The maximum absolute atomic E-state index is 11.6. The van der Waals surface area contributed by atoms with E-state index in [0.29, 0.717) is 5.75 Å². The van der Waals surface area contributed by atoms with E-state index in [4.69, 9.17) is 4.74 Å². The lowest BCUT2D eigenvalue weighted by atomic mass is 10.2. The fourth-order valence-corrected chi connectivity index (χ4v) is 3.03. The van der Waals surface area contributed by atoms with Crippen molar-refractivity contribution in [3.63, 3.8) is 0 Å². The zero-order chi connectivity index (χ0) is 14.6. The van der Waals surface area contributed by atoms with Crippen LogP contribution in [0.5, 0.6) is 0 Å². The Kier molecular flexibility index (Phi) is 5.92. The molecular formula is C13H21BrN2O2S. The molecule has 0 atom stereocenters. The zero-order valence-corrected chi connectivity index (χ0v) is 14.5. The summed E-state index contributed by atoms with van der Waals surface area (Å²) in [6, 6.07) is 0. The molecule has 4 nitrogen and oxygen atoms in total. The molecule has 1 aromatic rings. The largest absolute Gasteiger partial charge is 0.459 e. The lowest BCUT2D eigenvalue weighted by Gasteiger charge is -2.19. The van der Waals surface area contributed by atoms with Crippen LogP contribution in [-0.2, 0) is 21.8 Å². The van der Waals surface area contributed by atoms with E-state index in [2.05, 4.69) is 28.0 Å². The van der Waals surface area contributed by atoms with Crippen LogP contribution in [0.4, 0.5) is 0 Å². The average molecular weight is 349 g/mol. The van der Waals surface area contributed by atoms with Crippen LogP contribution in [0.1, 0.15) is 39.1 Å². The maximum atomic E-state index is 11.6. The molecule has 108 valence electrons. The Morgan fingerprint density at radius 3 is 2.63 bits per heavy atom. The van der Waals surface area contributed by atoms with Crippen molar-refractivity contribution in [2.24, 2.45) is 0 Å². The zero-order valence-electron chi connectivity index (χ0n) is 12.1. The molecule has 19 heavy (non-hydrogen) atoms. The number of carbonyl (C=O) groups excluding carboxylic acids is 1. The highest BCUT2D eigenvalue weighted by atomic mass is 79.9. The van der Waals surface area contributed by atoms with Crippen LogP contribution >= 0.6 is 27.7 Å². The molecule has 0 unspecified atom stereocenters. The second-order valence-electron chi connectivity index (χ2n) is 5.24. The van der Waals surface area contributed by atoms with Crippen LogP contribution in [0.15, 0.2) is 4.47 Å². The molecule has 0 saturated heterocycles. The number of carbonyl (C=O) groups is 1. The number of ether oxygens (including phenoxy) is 1. The van der Waals surface area contributed by atoms with E-state index in [9.17, 15) is 4.79 Å². The molecule has 1 heterocycles. The van der Waals surface area contributed by atoms with Gasteiger partial charge in [0.15, 0.2) is 0 Å². The van der Waals surface area contributed by atoms with Crippen molar-refractivity contribution >= 4 is 33.7 Å². The molecule has 6 heteroatoms. The van der Waals surface area contributed by atoms with Crippen molar-refractivity contribution in [3.8, 4) is 0 Å². The van der Waals surface area contributed by atoms with Gasteiger partial charge in [0.2, 0.25) is 0 Å². The highest BCUT2D eigenvalue weighted by Gasteiger charge is 2.17. The fraction of sp³-hybridized carbons (Fsp3) is 0.692. The van der Waals surface area contributed by atoms with Crippen molar-refractivity contribution < 1.29 is 9.53 Å². The summed E-state index contributed by atoms with van der Waals surface area (Å²) in [5.41, 5.74) is 1.68. The van der Waals surface area contributed by atoms with Gasteiger partial charge in [-0.05, 0) is 50.5 Å². The molecular weight excluding hydrogens is 328 g/mol. The number of esters is 1. The van der Waals surface area contributed by atoms with Gasteiger partial charge in [-0.15, -0.1) is 11.8 Å². The summed E-state index contributed by atoms with van der Waals surface area (Å²) >= 11 is 5.09. The lowest BCUT2D eigenvalue weighted by molar-refractivity contribution is -0.151. The third-order valence-corrected chi connectivity index (χ3v) is 4.28. The first-order valence-corrected chi connectivity index (χ1v) is 8.20. The van der Waals surface area contributed by atoms with Gasteiger partial charge >= 0.3 is 5.97 Å². The number of hydrogen-bond acceptors (Lipinski definition) is 4. The Hall–Kier alpha value is -0.490. The van der Waals surface area contributed by atoms with Gasteiger partial charge < -0.3 is 4.74 Å². The molecule has 0 aliphatic rings. The van der Waals surface area contributed by atoms with Gasteiger partial charge in [0, 0.05) is 12.3 Å². The van der Waals surface area contributed by atoms with Crippen LogP contribution in [-0.4, -0.2) is 27.1 Å². The molecule has 1 aromatic heterocycles. The summed E-state index contributed by atoms with van der Waals surface area (Å²) in [5, 5.41) is 4.43. The Bertz CT molecular complexity index is 452. The van der Waals surface area contributed by atoms with Gasteiger partial charge in [0.1, 0.15) is 5.60 Å². The normalized spacial score (nSPS) is 11.7. The van der Waals surface area contributed by atoms with E-state index >= 15 is 0 Å². The Morgan fingerprint density at radius 1 is 1.47 bits per heavy atom. The first-order chi connectivity index (χ1) is 8.74. The van der Waals surface area contributed by atoms with Gasteiger partial charge in [0.05, 0.1) is 21.6 Å². The molecule has 0 fully saturated rings. The smallest absolute Gasteiger partial charge is 0.316 e. The summed E-state index contributed by atoms with van der Waals surface area (Å²) in [6.07, 6.45) is 0. The number of rotatable bonds is 5. The summed E-state index contributed by atoms with van der Waals surface area (Å²) in [6.45, 7) is 10.5. The molecule has 0 radical (unpaired) electrons. The van der Waals surface area contributed by atoms with Gasteiger partial charge in [0.25, 0.3) is 0 Å². The number of aromatic nitrogens is 2. The lowest BCUT2D eigenvalue weighted by Crippen LogP contribution is -2.25. The highest BCUT2D eigenvalue weighted by molar-refractivity contribution is 9.10. The van der Waals surface area contributed by atoms with E-state index < -0.39 is 5.60 Å². The number of nitrogens with zero attached hydrogens (tertiary/aromatic N) is 2. The third-order valence-electron chi connectivity index (χ3n) is 2.33. The number of hydrogen-bond donors (Lipinski definition) is 0. The quantitative estimate of drug-likeness (QED) is 0.763. The van der Waals surface area contributed by atoms with Crippen molar-refractivity contribution in [1.29, 1.82) is 0 Å². The molecule has 0 aliphatic heterocycles. The monoisotopic (exact) mass is 348 g/mol. The Balaban J connectivity index is 2.52. The summed E-state index contributed by atoms with van der Waals surface area (Å²) in [5.74, 6) is 0.930. The van der Waals surface area contributed by atoms with Gasteiger partial charge in [-0.1, -0.05) is 0 Å². The van der Waals surface area contributed by atoms with E-state index in [1.54, 1.807) is 11.8 Å². The van der Waals surface area contributed by atoms with E-state index in [-0.39, 0.29) is 5.97 Å². The van der Waals surface area contributed by atoms with Crippen molar-refractivity contribution in [2.45, 2.75) is 52.5 Å². The van der Waals surface area contributed by atoms with Crippen LogP contribution in [0.25, 0.3) is 0 Å². The predicted octanol–water partition coefficient (Wildman–Crippen LogP) is 3.55. The Labute approximate surface area is 127 Å². The third kappa shape index (κ3) is 5.18. The second-order valence-corrected chi connectivity index (χ2v) is 7.02. The summed E-state index contributed by atoms with van der Waals surface area (Å²) in [4.78, 5) is 11.6. The topological polar surface area (TPSA) is 44.1 Å². The molecule has 0 amide bonds.